The van der Waals surface area contributed by atoms with E-state index in [9.17, 15) is 4.79 Å². The lowest BCUT2D eigenvalue weighted by Crippen LogP contribution is -2.38. The summed E-state index contributed by atoms with van der Waals surface area (Å²) in [5.41, 5.74) is 0.629. The maximum atomic E-state index is 11.1. The van der Waals surface area contributed by atoms with Crippen molar-refractivity contribution in [2.45, 2.75) is 6.92 Å². The predicted molar refractivity (Wildman–Crippen MR) is 46.8 cm³/mol. The summed E-state index contributed by atoms with van der Waals surface area (Å²) in [5.74, 6) is 0.225. The van der Waals surface area contributed by atoms with E-state index >= 15 is 0 Å². The third kappa shape index (κ3) is 2.22. The Morgan fingerprint density at radius 3 is 3.08 bits per heavy atom. The molecular weight excluding hydrogens is 168 g/mol. The van der Waals surface area contributed by atoms with Gasteiger partial charge in [0.1, 0.15) is 0 Å². The zero-order valence-electron chi connectivity index (χ0n) is 7.78. The lowest BCUT2D eigenvalue weighted by Gasteiger charge is -2.27. The predicted octanol–water partition coefficient (Wildman–Crippen LogP) is 1.15. The first-order valence-corrected chi connectivity index (χ1v) is 4.11. The first-order valence-electron chi connectivity index (χ1n) is 4.11. The Morgan fingerprint density at radius 2 is 2.54 bits per heavy atom. The summed E-state index contributed by atoms with van der Waals surface area (Å²) in [7, 11) is 1.34. The molecule has 1 aliphatic rings. The van der Waals surface area contributed by atoms with Crippen LogP contribution in [-0.2, 0) is 4.74 Å². The summed E-state index contributed by atoms with van der Waals surface area (Å²) in [6.45, 7) is 2.96. The molecule has 0 saturated heterocycles. The van der Waals surface area contributed by atoms with Crippen molar-refractivity contribution < 1.29 is 9.53 Å². The summed E-state index contributed by atoms with van der Waals surface area (Å²) < 4.78 is 4.58. The monoisotopic (exact) mass is 180 g/mol. The number of hydrogen-bond acceptors (Lipinski definition) is 3. The largest absolute Gasteiger partial charge is 0.453 e. The summed E-state index contributed by atoms with van der Waals surface area (Å²) in [4.78, 5) is 12.7. The van der Waals surface area contributed by atoms with Crippen LogP contribution >= 0.6 is 0 Å². The van der Waals surface area contributed by atoms with Crippen LogP contribution in [0.15, 0.2) is 11.6 Å². The molecular formula is C9H12N2O2. The molecule has 0 aliphatic carbocycles. The van der Waals surface area contributed by atoms with E-state index in [0.29, 0.717) is 18.7 Å². The molecule has 0 unspecified atom stereocenters. The standard InChI is InChI=1S/C9H12N2O2/c1-7-3-8(4-10)6-11(5-7)9(12)13-2/h3,7H,5-6H2,1-2H3/t7-/m1/s1. The van der Waals surface area contributed by atoms with Crippen LogP contribution < -0.4 is 0 Å². The fourth-order valence-corrected chi connectivity index (χ4v) is 1.41. The normalized spacial score (nSPS) is 21.8. The van der Waals surface area contributed by atoms with Crippen molar-refractivity contribution in [2.75, 3.05) is 20.2 Å². The highest BCUT2D eigenvalue weighted by Gasteiger charge is 2.21. The molecule has 0 saturated carbocycles. The van der Waals surface area contributed by atoms with E-state index in [1.165, 1.54) is 12.0 Å². The molecule has 4 nitrogen and oxygen atoms in total. The molecule has 70 valence electrons. The Labute approximate surface area is 77.4 Å². The summed E-state index contributed by atoms with van der Waals surface area (Å²) in [6.07, 6.45) is 1.52. The molecule has 1 aliphatic heterocycles. The van der Waals surface area contributed by atoms with Crippen LogP contribution in [0, 0.1) is 17.2 Å². The zero-order chi connectivity index (χ0) is 9.84. The van der Waals surface area contributed by atoms with E-state index < -0.39 is 0 Å². The van der Waals surface area contributed by atoms with Crippen molar-refractivity contribution in [3.63, 3.8) is 0 Å². The van der Waals surface area contributed by atoms with E-state index in [1.807, 2.05) is 13.0 Å². The van der Waals surface area contributed by atoms with Gasteiger partial charge in [0.25, 0.3) is 0 Å². The van der Waals surface area contributed by atoms with E-state index in [-0.39, 0.29) is 12.0 Å². The number of rotatable bonds is 0. The van der Waals surface area contributed by atoms with Crippen LogP contribution in [0.5, 0.6) is 0 Å². The minimum Gasteiger partial charge on any atom is -0.453 e. The highest BCUT2D eigenvalue weighted by Crippen LogP contribution is 2.14. The molecule has 1 amide bonds. The fourth-order valence-electron chi connectivity index (χ4n) is 1.41. The average Bonchev–Trinajstić information content (AvgIpc) is 2.15. The van der Waals surface area contributed by atoms with Gasteiger partial charge in [-0.3, -0.25) is 0 Å². The molecule has 0 aromatic carbocycles. The molecule has 13 heavy (non-hydrogen) atoms. The summed E-state index contributed by atoms with van der Waals surface area (Å²) in [6, 6.07) is 2.05. The van der Waals surface area contributed by atoms with Gasteiger partial charge in [-0.1, -0.05) is 13.0 Å². The average molecular weight is 180 g/mol. The van der Waals surface area contributed by atoms with E-state index in [2.05, 4.69) is 10.8 Å². The second kappa shape index (κ2) is 3.94. The second-order valence-corrected chi connectivity index (χ2v) is 3.13. The number of carbonyl (C=O) groups excluding carboxylic acids is 1. The molecule has 1 atom stereocenters. The van der Waals surface area contributed by atoms with Crippen LogP contribution in [-0.4, -0.2) is 31.2 Å². The number of nitriles is 1. The van der Waals surface area contributed by atoms with Gasteiger partial charge < -0.3 is 9.64 Å². The first-order chi connectivity index (χ1) is 6.17. The summed E-state index contributed by atoms with van der Waals surface area (Å²) in [5, 5.41) is 8.68. The SMILES string of the molecule is COC(=O)N1CC(C#N)=C[C@@H](C)C1. The van der Waals surface area contributed by atoms with Gasteiger partial charge in [-0.15, -0.1) is 0 Å². The number of ether oxygens (including phenoxy) is 1. The van der Waals surface area contributed by atoms with Gasteiger partial charge in [-0.25, -0.2) is 4.79 Å². The van der Waals surface area contributed by atoms with Gasteiger partial charge in [0, 0.05) is 12.1 Å². The van der Waals surface area contributed by atoms with Crippen LogP contribution in [0.4, 0.5) is 4.79 Å². The molecule has 0 fully saturated rings. The van der Waals surface area contributed by atoms with Crippen LogP contribution in [0.25, 0.3) is 0 Å². The zero-order valence-corrected chi connectivity index (χ0v) is 7.78. The van der Waals surface area contributed by atoms with Crippen LogP contribution in [0.1, 0.15) is 6.92 Å². The third-order valence-electron chi connectivity index (χ3n) is 1.93. The Bertz CT molecular complexity index is 278. The van der Waals surface area contributed by atoms with Gasteiger partial charge in [0.2, 0.25) is 0 Å². The topological polar surface area (TPSA) is 53.3 Å². The van der Waals surface area contributed by atoms with Gasteiger partial charge in [-0.2, -0.15) is 5.26 Å². The van der Waals surface area contributed by atoms with Crippen molar-refractivity contribution in [2.24, 2.45) is 5.92 Å². The lowest BCUT2D eigenvalue weighted by atomic mass is 10.0. The van der Waals surface area contributed by atoms with Gasteiger partial charge in [-0.05, 0) is 5.92 Å². The molecule has 0 aromatic heterocycles. The lowest BCUT2D eigenvalue weighted by molar-refractivity contribution is 0.122. The number of methoxy groups -OCH3 is 1. The van der Waals surface area contributed by atoms with Crippen LogP contribution in [0.3, 0.4) is 0 Å². The minimum absolute atomic E-state index is 0.225. The van der Waals surface area contributed by atoms with E-state index in [1.54, 1.807) is 0 Å². The van der Waals surface area contributed by atoms with Crippen molar-refractivity contribution in [3.05, 3.63) is 11.6 Å². The molecule has 0 radical (unpaired) electrons. The Balaban J connectivity index is 2.70. The van der Waals surface area contributed by atoms with Gasteiger partial charge in [0.15, 0.2) is 0 Å². The van der Waals surface area contributed by atoms with E-state index in [0.717, 1.165) is 0 Å². The number of hydrogen-bond donors (Lipinski definition) is 0. The molecule has 1 rings (SSSR count). The molecule has 0 bridgehead atoms. The minimum atomic E-state index is -0.368. The number of carbonyl (C=O) groups is 1. The molecule has 0 N–H and O–H groups in total. The Hall–Kier alpha value is -1.50. The highest BCUT2D eigenvalue weighted by molar-refractivity contribution is 5.68. The smallest absolute Gasteiger partial charge is 0.409 e. The van der Waals surface area contributed by atoms with Gasteiger partial charge >= 0.3 is 6.09 Å². The van der Waals surface area contributed by atoms with Crippen molar-refractivity contribution in [1.29, 1.82) is 5.26 Å². The molecule has 0 spiro atoms. The number of amides is 1. The highest BCUT2D eigenvalue weighted by atomic mass is 16.5. The van der Waals surface area contributed by atoms with Gasteiger partial charge in [0.05, 0.1) is 19.7 Å². The maximum absolute atomic E-state index is 11.1. The second-order valence-electron chi connectivity index (χ2n) is 3.13. The summed E-state index contributed by atoms with van der Waals surface area (Å²) >= 11 is 0. The Morgan fingerprint density at radius 1 is 1.85 bits per heavy atom. The van der Waals surface area contributed by atoms with Crippen molar-refractivity contribution in [1.82, 2.24) is 4.90 Å². The maximum Gasteiger partial charge on any atom is 0.409 e. The third-order valence-corrected chi connectivity index (χ3v) is 1.93. The molecule has 1 heterocycles. The molecule has 0 aromatic rings. The number of nitrogens with zero attached hydrogens (tertiary/aromatic N) is 2. The van der Waals surface area contributed by atoms with Crippen molar-refractivity contribution in [3.8, 4) is 6.07 Å². The van der Waals surface area contributed by atoms with Crippen molar-refractivity contribution >= 4 is 6.09 Å². The Kier molecular flexibility index (Phi) is 2.91. The fraction of sp³-hybridized carbons (Fsp3) is 0.556. The first kappa shape index (κ1) is 9.59. The quantitative estimate of drug-likeness (QED) is 0.562. The van der Waals surface area contributed by atoms with E-state index in [4.69, 9.17) is 5.26 Å². The van der Waals surface area contributed by atoms with Crippen LogP contribution in [0.2, 0.25) is 0 Å². The molecule has 4 heteroatoms.